The summed E-state index contributed by atoms with van der Waals surface area (Å²) < 4.78 is 3.67. The Balaban J connectivity index is 2.42. The lowest BCUT2D eigenvalue weighted by Gasteiger charge is -2.12. The van der Waals surface area contributed by atoms with Crippen LogP contribution in [0.2, 0.25) is 0 Å². The molecule has 6 nitrogen and oxygen atoms in total. The summed E-state index contributed by atoms with van der Waals surface area (Å²) in [6.45, 7) is 8.03. The van der Waals surface area contributed by atoms with Crippen molar-refractivity contribution in [2.45, 2.75) is 33.7 Å². The topological polar surface area (TPSA) is 73.7 Å². The Morgan fingerprint density at radius 1 is 1.22 bits per heavy atom. The molecule has 0 aromatic carbocycles. The lowest BCUT2D eigenvalue weighted by molar-refractivity contribution is 0.536. The molecule has 98 valence electrons. The van der Waals surface area contributed by atoms with Gasteiger partial charge in [0.05, 0.1) is 22.8 Å². The maximum absolute atomic E-state index is 6.07. The van der Waals surface area contributed by atoms with Crippen molar-refractivity contribution in [3.05, 3.63) is 17.6 Å². The van der Waals surface area contributed by atoms with Gasteiger partial charge in [-0.05, 0) is 27.7 Å². The van der Waals surface area contributed by atoms with Crippen LogP contribution in [0.5, 0.6) is 0 Å². The Labute approximate surface area is 107 Å². The van der Waals surface area contributed by atoms with Crippen LogP contribution in [0.15, 0.2) is 6.20 Å². The third-order valence-electron chi connectivity index (χ3n) is 2.89. The summed E-state index contributed by atoms with van der Waals surface area (Å²) in [7, 11) is 1.90. The molecule has 6 heteroatoms. The lowest BCUT2D eigenvalue weighted by Crippen LogP contribution is -2.08. The number of hydrogen-bond acceptors (Lipinski definition) is 4. The van der Waals surface area contributed by atoms with Crippen LogP contribution < -0.4 is 11.1 Å². The number of aromatic nitrogens is 4. The summed E-state index contributed by atoms with van der Waals surface area (Å²) in [5.74, 6) is 0.832. The van der Waals surface area contributed by atoms with E-state index in [0.717, 1.165) is 22.9 Å². The molecule has 0 aliphatic carbocycles. The zero-order valence-electron chi connectivity index (χ0n) is 11.5. The SMILES string of the molecule is Cc1nn(C)cc1Nc1c(N)c(C)nn1C(C)C. The number of nitrogens with two attached hydrogens (primary N) is 1. The summed E-state index contributed by atoms with van der Waals surface area (Å²) in [6, 6.07) is 0.250. The van der Waals surface area contributed by atoms with E-state index in [1.807, 2.05) is 31.8 Å². The van der Waals surface area contributed by atoms with Crippen molar-refractivity contribution in [2.75, 3.05) is 11.1 Å². The average Bonchev–Trinajstić information content (AvgIpc) is 2.73. The molecule has 2 rings (SSSR count). The van der Waals surface area contributed by atoms with Crippen molar-refractivity contribution in [3.63, 3.8) is 0 Å². The third-order valence-corrected chi connectivity index (χ3v) is 2.89. The first-order valence-electron chi connectivity index (χ1n) is 6.02. The number of anilines is 3. The van der Waals surface area contributed by atoms with Gasteiger partial charge in [0.25, 0.3) is 0 Å². The predicted octanol–water partition coefficient (Wildman–Crippen LogP) is 2.14. The monoisotopic (exact) mass is 248 g/mol. The Morgan fingerprint density at radius 2 is 1.89 bits per heavy atom. The quantitative estimate of drug-likeness (QED) is 0.872. The van der Waals surface area contributed by atoms with E-state index in [1.165, 1.54) is 0 Å². The second kappa shape index (κ2) is 4.36. The predicted molar refractivity (Wildman–Crippen MR) is 73.0 cm³/mol. The zero-order valence-corrected chi connectivity index (χ0v) is 11.5. The molecular weight excluding hydrogens is 228 g/mol. The van der Waals surface area contributed by atoms with Crippen molar-refractivity contribution in [1.82, 2.24) is 19.6 Å². The molecule has 0 aliphatic heterocycles. The maximum atomic E-state index is 6.07. The minimum absolute atomic E-state index is 0.250. The molecule has 0 unspecified atom stereocenters. The molecule has 2 heterocycles. The normalized spacial score (nSPS) is 11.2. The Hall–Kier alpha value is -1.98. The molecular formula is C12H20N6. The van der Waals surface area contributed by atoms with E-state index in [0.29, 0.717) is 5.69 Å². The molecule has 0 spiro atoms. The highest BCUT2D eigenvalue weighted by atomic mass is 15.4. The van der Waals surface area contributed by atoms with E-state index in [9.17, 15) is 0 Å². The van der Waals surface area contributed by atoms with E-state index in [1.54, 1.807) is 4.68 Å². The van der Waals surface area contributed by atoms with Crippen LogP contribution in [0, 0.1) is 13.8 Å². The second-order valence-electron chi connectivity index (χ2n) is 4.81. The number of hydrogen-bond donors (Lipinski definition) is 2. The first-order valence-corrected chi connectivity index (χ1v) is 6.02. The molecule has 0 aliphatic rings. The van der Waals surface area contributed by atoms with Gasteiger partial charge < -0.3 is 11.1 Å². The summed E-state index contributed by atoms with van der Waals surface area (Å²) in [4.78, 5) is 0. The lowest BCUT2D eigenvalue weighted by atomic mass is 10.3. The fraction of sp³-hybridized carbons (Fsp3) is 0.500. The van der Waals surface area contributed by atoms with Crippen LogP contribution in [-0.2, 0) is 7.05 Å². The minimum Gasteiger partial charge on any atom is -0.394 e. The number of nitrogen functional groups attached to an aromatic ring is 1. The standard InChI is InChI=1S/C12H20N6/c1-7(2)18-12(11(13)9(4)16-18)14-10-6-17(5)15-8(10)3/h6-7,14H,13H2,1-5H3. The van der Waals surface area contributed by atoms with Crippen LogP contribution in [0.25, 0.3) is 0 Å². The van der Waals surface area contributed by atoms with Crippen molar-refractivity contribution in [1.29, 1.82) is 0 Å². The van der Waals surface area contributed by atoms with Crippen molar-refractivity contribution >= 4 is 17.2 Å². The molecule has 18 heavy (non-hydrogen) atoms. The van der Waals surface area contributed by atoms with Crippen molar-refractivity contribution in [2.24, 2.45) is 7.05 Å². The summed E-state index contributed by atoms with van der Waals surface area (Å²) in [5.41, 5.74) is 9.49. The Bertz CT molecular complexity index is 563. The highest BCUT2D eigenvalue weighted by molar-refractivity contribution is 5.71. The highest BCUT2D eigenvalue weighted by Crippen LogP contribution is 2.29. The molecule has 0 atom stereocenters. The zero-order chi connectivity index (χ0) is 13.4. The Morgan fingerprint density at radius 3 is 2.39 bits per heavy atom. The van der Waals surface area contributed by atoms with E-state index in [4.69, 9.17) is 5.73 Å². The highest BCUT2D eigenvalue weighted by Gasteiger charge is 2.16. The summed E-state index contributed by atoms with van der Waals surface area (Å²) in [5, 5.41) is 12.1. The molecule has 0 amide bonds. The van der Waals surface area contributed by atoms with Crippen LogP contribution >= 0.6 is 0 Å². The van der Waals surface area contributed by atoms with Gasteiger partial charge in [-0.2, -0.15) is 10.2 Å². The molecule has 2 aromatic heterocycles. The third kappa shape index (κ3) is 2.05. The van der Waals surface area contributed by atoms with Crippen LogP contribution in [-0.4, -0.2) is 19.6 Å². The smallest absolute Gasteiger partial charge is 0.152 e. The van der Waals surface area contributed by atoms with Crippen LogP contribution in [0.1, 0.15) is 31.3 Å². The number of aryl methyl sites for hydroxylation is 3. The molecule has 0 bridgehead atoms. The van der Waals surface area contributed by atoms with Gasteiger partial charge in [0.15, 0.2) is 5.82 Å². The van der Waals surface area contributed by atoms with E-state index in [2.05, 4.69) is 29.4 Å². The van der Waals surface area contributed by atoms with Crippen LogP contribution in [0.4, 0.5) is 17.2 Å². The molecule has 3 N–H and O–H groups in total. The molecule has 2 aromatic rings. The fourth-order valence-electron chi connectivity index (χ4n) is 1.91. The fourth-order valence-corrected chi connectivity index (χ4v) is 1.91. The summed E-state index contributed by atoms with van der Waals surface area (Å²) in [6.07, 6.45) is 1.93. The van der Waals surface area contributed by atoms with Gasteiger partial charge in [-0.1, -0.05) is 0 Å². The molecule has 0 radical (unpaired) electrons. The first-order chi connectivity index (χ1) is 8.40. The van der Waals surface area contributed by atoms with E-state index < -0.39 is 0 Å². The van der Waals surface area contributed by atoms with Gasteiger partial charge in [0.2, 0.25) is 0 Å². The number of nitrogens with one attached hydrogen (secondary N) is 1. The largest absolute Gasteiger partial charge is 0.394 e. The Kier molecular flexibility index (Phi) is 3.02. The molecule has 0 saturated heterocycles. The number of nitrogens with zero attached hydrogens (tertiary/aromatic N) is 4. The van der Waals surface area contributed by atoms with E-state index in [-0.39, 0.29) is 6.04 Å². The van der Waals surface area contributed by atoms with Crippen LogP contribution in [0.3, 0.4) is 0 Å². The second-order valence-corrected chi connectivity index (χ2v) is 4.81. The first kappa shape index (κ1) is 12.5. The minimum atomic E-state index is 0.250. The number of rotatable bonds is 3. The van der Waals surface area contributed by atoms with Gasteiger partial charge in [-0.25, -0.2) is 4.68 Å². The van der Waals surface area contributed by atoms with Crippen molar-refractivity contribution in [3.8, 4) is 0 Å². The maximum Gasteiger partial charge on any atom is 0.152 e. The molecule has 0 saturated carbocycles. The average molecular weight is 248 g/mol. The van der Waals surface area contributed by atoms with Gasteiger partial charge in [0.1, 0.15) is 0 Å². The summed E-state index contributed by atoms with van der Waals surface area (Å²) >= 11 is 0. The van der Waals surface area contributed by atoms with Crippen molar-refractivity contribution < 1.29 is 0 Å². The molecule has 0 fully saturated rings. The van der Waals surface area contributed by atoms with Gasteiger partial charge in [0, 0.05) is 19.3 Å². The van der Waals surface area contributed by atoms with Gasteiger partial charge in [-0.3, -0.25) is 4.68 Å². The van der Waals surface area contributed by atoms with Gasteiger partial charge >= 0.3 is 0 Å². The van der Waals surface area contributed by atoms with Gasteiger partial charge in [-0.15, -0.1) is 0 Å². The van der Waals surface area contributed by atoms with E-state index >= 15 is 0 Å².